The molecule has 0 heterocycles. The first kappa shape index (κ1) is 7.29. The summed E-state index contributed by atoms with van der Waals surface area (Å²) in [5, 5.41) is 10.2. The zero-order valence-electron chi connectivity index (χ0n) is 5.02. The maximum atomic E-state index is 10.2. The molecule has 0 aliphatic heterocycles. The predicted molar refractivity (Wildman–Crippen MR) is 38.5 cm³/mol. The second-order valence-corrected chi connectivity index (χ2v) is 2.86. The Labute approximate surface area is 66.7 Å². The van der Waals surface area contributed by atoms with E-state index in [1.807, 2.05) is 0 Å². The van der Waals surface area contributed by atoms with Crippen molar-refractivity contribution in [2.24, 2.45) is 0 Å². The van der Waals surface area contributed by atoms with Crippen molar-refractivity contribution in [3.05, 3.63) is 34.4 Å². The van der Waals surface area contributed by atoms with Crippen molar-refractivity contribution < 1.29 is 4.92 Å². The Morgan fingerprint density at radius 1 is 1.50 bits per heavy atom. The van der Waals surface area contributed by atoms with Gasteiger partial charge in [0.1, 0.15) is 0 Å². The Kier molecular flexibility index (Phi) is 2.07. The van der Waals surface area contributed by atoms with Crippen LogP contribution in [0.1, 0.15) is 0 Å². The molecule has 0 aromatic heterocycles. The number of nitro benzene ring substituents is 1. The van der Waals surface area contributed by atoms with E-state index in [0.29, 0.717) is 0 Å². The molecule has 50 valence electrons. The molecule has 0 aliphatic rings. The fourth-order valence-corrected chi connectivity index (χ4v) is 1.06. The molecule has 1 aromatic carbocycles. The number of hydrogen-bond donors (Lipinski definition) is 0. The molecule has 0 unspecified atom stereocenters. The van der Waals surface area contributed by atoms with Crippen molar-refractivity contribution in [1.82, 2.24) is 0 Å². The van der Waals surface area contributed by atoms with E-state index in [0.717, 1.165) is 4.35 Å². The van der Waals surface area contributed by atoms with E-state index in [4.69, 9.17) is 0 Å². The summed E-state index contributed by atoms with van der Waals surface area (Å²) in [6.45, 7) is 0. The van der Waals surface area contributed by atoms with E-state index in [-0.39, 0.29) is 5.69 Å². The second-order valence-electron chi connectivity index (χ2n) is 1.78. The molecule has 0 atom stereocenters. The topological polar surface area (TPSA) is 43.1 Å². The maximum absolute atomic E-state index is 10.2. The predicted octanol–water partition coefficient (Wildman–Crippen LogP) is 0.389. The van der Waals surface area contributed by atoms with Gasteiger partial charge in [-0.05, 0) is 0 Å². The van der Waals surface area contributed by atoms with E-state index >= 15 is 0 Å². The van der Waals surface area contributed by atoms with Crippen molar-refractivity contribution in [3.8, 4) is 0 Å². The number of nitrogens with zero attached hydrogens (tertiary/aromatic N) is 1. The van der Waals surface area contributed by atoms with Gasteiger partial charge in [-0.3, -0.25) is 0 Å². The van der Waals surface area contributed by atoms with Gasteiger partial charge in [-0.2, -0.15) is 0 Å². The summed E-state index contributed by atoms with van der Waals surface area (Å²) in [6, 6.07) is 6.44. The first-order chi connectivity index (χ1) is 4.70. The molecule has 3 nitrogen and oxygen atoms in total. The monoisotopic (exact) mass is 197 g/mol. The number of benzene rings is 1. The number of non-ortho nitro benzene ring substituents is 1. The van der Waals surface area contributed by atoms with Crippen molar-refractivity contribution >= 4 is 26.9 Å². The SMILES string of the molecule is O=[N+]([O-])c1cccc([As])c1. The molecule has 0 saturated heterocycles. The molecule has 0 bridgehead atoms. The number of rotatable bonds is 1. The van der Waals surface area contributed by atoms with Gasteiger partial charge in [-0.25, -0.2) is 0 Å². The van der Waals surface area contributed by atoms with Gasteiger partial charge in [0.25, 0.3) is 0 Å². The quantitative estimate of drug-likeness (QED) is 0.371. The van der Waals surface area contributed by atoms with Gasteiger partial charge in [-0.1, -0.05) is 0 Å². The molecule has 0 saturated carbocycles. The number of hydrogen-bond acceptors (Lipinski definition) is 2. The third-order valence-electron chi connectivity index (χ3n) is 1.04. The van der Waals surface area contributed by atoms with Crippen LogP contribution in [-0.2, 0) is 0 Å². The fraction of sp³-hybridized carbons (Fsp3) is 0. The van der Waals surface area contributed by atoms with Crippen LogP contribution in [0.3, 0.4) is 0 Å². The second kappa shape index (κ2) is 2.84. The molecule has 0 fully saturated rings. The normalized spacial score (nSPS) is 9.30. The summed E-state index contributed by atoms with van der Waals surface area (Å²) in [5.41, 5.74) is 0.137. The molecule has 0 amide bonds. The van der Waals surface area contributed by atoms with Crippen molar-refractivity contribution in [1.29, 1.82) is 0 Å². The molecule has 10 heavy (non-hydrogen) atoms. The first-order valence-corrected chi connectivity index (χ1v) is 3.57. The van der Waals surface area contributed by atoms with Crippen LogP contribution in [0.4, 0.5) is 5.69 Å². The van der Waals surface area contributed by atoms with E-state index in [2.05, 4.69) is 16.9 Å². The van der Waals surface area contributed by atoms with Crippen molar-refractivity contribution in [3.63, 3.8) is 0 Å². The van der Waals surface area contributed by atoms with Gasteiger partial charge in [0, 0.05) is 0 Å². The fourth-order valence-electron chi connectivity index (χ4n) is 0.607. The summed E-state index contributed by atoms with van der Waals surface area (Å²) in [7, 11) is 0. The van der Waals surface area contributed by atoms with Crippen LogP contribution in [0.5, 0.6) is 0 Å². The molecule has 0 spiro atoms. The summed E-state index contributed by atoms with van der Waals surface area (Å²) in [5.74, 6) is 0. The summed E-state index contributed by atoms with van der Waals surface area (Å²) < 4.78 is 0.849. The van der Waals surface area contributed by atoms with Crippen molar-refractivity contribution in [2.45, 2.75) is 0 Å². The van der Waals surface area contributed by atoms with Crippen LogP contribution in [-0.4, -0.2) is 21.8 Å². The molecule has 2 radical (unpaired) electrons. The Morgan fingerprint density at radius 3 is 2.60 bits per heavy atom. The van der Waals surface area contributed by atoms with Gasteiger partial charge in [0.05, 0.1) is 0 Å². The molecule has 1 aromatic rings. The molecule has 1 rings (SSSR count). The minimum atomic E-state index is -0.406. The Morgan fingerprint density at radius 2 is 2.20 bits per heavy atom. The van der Waals surface area contributed by atoms with Crippen LogP contribution in [0.25, 0.3) is 0 Å². The van der Waals surface area contributed by atoms with E-state index < -0.39 is 4.92 Å². The zero-order valence-corrected chi connectivity index (χ0v) is 6.90. The Hall–Kier alpha value is -0.822. The van der Waals surface area contributed by atoms with Crippen LogP contribution >= 0.6 is 0 Å². The molecular weight excluding hydrogens is 193 g/mol. The van der Waals surface area contributed by atoms with Crippen molar-refractivity contribution in [2.75, 3.05) is 0 Å². The molecule has 4 heteroatoms. The summed E-state index contributed by atoms with van der Waals surface area (Å²) in [4.78, 5) is 9.75. The van der Waals surface area contributed by atoms with Gasteiger partial charge in [0.15, 0.2) is 0 Å². The van der Waals surface area contributed by atoms with Gasteiger partial charge in [-0.15, -0.1) is 0 Å². The van der Waals surface area contributed by atoms with Gasteiger partial charge >= 0.3 is 66.2 Å². The molecule has 0 aliphatic carbocycles. The van der Waals surface area contributed by atoms with Crippen LogP contribution in [0.2, 0.25) is 0 Å². The molecule has 0 N–H and O–H groups in total. The average molecular weight is 197 g/mol. The Balaban J connectivity index is 3.07. The minimum absolute atomic E-state index is 0.137. The third-order valence-corrected chi connectivity index (χ3v) is 1.62. The van der Waals surface area contributed by atoms with E-state index in [1.54, 1.807) is 12.1 Å². The Bertz CT molecular complexity index is 262. The molecular formula is C6H4AsNO2. The average Bonchev–Trinajstić information content (AvgIpc) is 1.88. The van der Waals surface area contributed by atoms with Gasteiger partial charge in [0.2, 0.25) is 0 Å². The summed E-state index contributed by atoms with van der Waals surface area (Å²) in [6.07, 6.45) is 0. The van der Waals surface area contributed by atoms with E-state index in [1.165, 1.54) is 12.1 Å². The summed E-state index contributed by atoms with van der Waals surface area (Å²) >= 11 is 2.26. The standard InChI is InChI=1S/C6H4AsNO2/c7-5-2-1-3-6(4-5)8(9)10/h1-4H. The van der Waals surface area contributed by atoms with Gasteiger partial charge < -0.3 is 0 Å². The zero-order chi connectivity index (χ0) is 7.56. The van der Waals surface area contributed by atoms with Crippen LogP contribution in [0, 0.1) is 10.1 Å². The first-order valence-electron chi connectivity index (χ1n) is 2.63. The van der Waals surface area contributed by atoms with Crippen LogP contribution < -0.4 is 4.35 Å². The third kappa shape index (κ3) is 1.58. The van der Waals surface area contributed by atoms with Crippen LogP contribution in [0.15, 0.2) is 24.3 Å². The number of nitro groups is 1. The van der Waals surface area contributed by atoms with E-state index in [9.17, 15) is 10.1 Å².